The molecule has 0 heterocycles. The molecule has 2 rings (SSSR count). The molecule has 104 valence electrons. The molecule has 1 amide bonds. The van der Waals surface area contributed by atoms with Crippen LogP contribution in [0.4, 0.5) is 0 Å². The minimum Gasteiger partial charge on any atom is -0.348 e. The van der Waals surface area contributed by atoms with Crippen molar-refractivity contribution in [3.63, 3.8) is 0 Å². The highest BCUT2D eigenvalue weighted by molar-refractivity contribution is 9.08. The normalized spacial score (nSPS) is 10.3. The van der Waals surface area contributed by atoms with Gasteiger partial charge in [0.25, 0.3) is 5.91 Å². The lowest BCUT2D eigenvalue weighted by Gasteiger charge is -2.06. The molecule has 0 fully saturated rings. The molecule has 0 radical (unpaired) electrons. The van der Waals surface area contributed by atoms with E-state index in [1.165, 1.54) is 11.1 Å². The van der Waals surface area contributed by atoms with Crippen molar-refractivity contribution in [3.8, 4) is 0 Å². The molecule has 0 saturated carbocycles. The van der Waals surface area contributed by atoms with Crippen molar-refractivity contribution in [2.75, 3.05) is 0 Å². The summed E-state index contributed by atoms with van der Waals surface area (Å²) in [5.41, 5.74) is 4.29. The lowest BCUT2D eigenvalue weighted by Crippen LogP contribution is -2.22. The molecule has 0 aliphatic carbocycles. The molecule has 0 atom stereocenters. The summed E-state index contributed by atoms with van der Waals surface area (Å²) in [7, 11) is 0. The molecule has 3 heteroatoms. The van der Waals surface area contributed by atoms with Crippen molar-refractivity contribution >= 4 is 21.8 Å². The number of amides is 1. The van der Waals surface area contributed by atoms with E-state index in [2.05, 4.69) is 40.3 Å². The van der Waals surface area contributed by atoms with Crippen LogP contribution in [0.1, 0.15) is 34.0 Å². The molecule has 0 spiro atoms. The predicted octanol–water partition coefficient (Wildman–Crippen LogP) is 4.07. The van der Waals surface area contributed by atoms with E-state index in [0.717, 1.165) is 17.3 Å². The van der Waals surface area contributed by atoms with Gasteiger partial charge in [0.1, 0.15) is 0 Å². The minimum atomic E-state index is -0.0304. The smallest absolute Gasteiger partial charge is 0.251 e. The van der Waals surface area contributed by atoms with Crippen LogP contribution in [-0.2, 0) is 18.3 Å². The van der Waals surface area contributed by atoms with Crippen molar-refractivity contribution < 1.29 is 4.79 Å². The van der Waals surface area contributed by atoms with Crippen molar-refractivity contribution in [1.82, 2.24) is 5.32 Å². The first-order valence-corrected chi connectivity index (χ1v) is 7.86. The maximum Gasteiger partial charge on any atom is 0.251 e. The van der Waals surface area contributed by atoms with Crippen LogP contribution < -0.4 is 5.32 Å². The number of hydrogen-bond acceptors (Lipinski definition) is 1. The number of aryl methyl sites for hydroxylation is 1. The van der Waals surface area contributed by atoms with Gasteiger partial charge in [-0.1, -0.05) is 59.3 Å². The van der Waals surface area contributed by atoms with E-state index < -0.39 is 0 Å². The Morgan fingerprint density at radius 2 is 1.50 bits per heavy atom. The number of hydrogen-bond donors (Lipinski definition) is 1. The standard InChI is InChI=1S/C17H18BrNO/c1-2-13-7-9-16(10-8-13)17(20)19-12-15-5-3-14(11-18)4-6-15/h3-10H,2,11-12H2,1H3,(H,19,20). The maximum atomic E-state index is 12.0. The van der Waals surface area contributed by atoms with Gasteiger partial charge in [-0.25, -0.2) is 0 Å². The topological polar surface area (TPSA) is 29.1 Å². The van der Waals surface area contributed by atoms with E-state index in [1.54, 1.807) is 0 Å². The van der Waals surface area contributed by atoms with Gasteiger partial charge in [0.15, 0.2) is 0 Å². The number of halogens is 1. The van der Waals surface area contributed by atoms with Crippen molar-refractivity contribution in [2.45, 2.75) is 25.2 Å². The molecule has 2 nitrogen and oxygen atoms in total. The Kier molecular flexibility index (Phi) is 5.36. The Hall–Kier alpha value is -1.61. The second kappa shape index (κ2) is 7.25. The number of alkyl halides is 1. The third kappa shape index (κ3) is 3.94. The third-order valence-corrected chi connectivity index (χ3v) is 3.90. The molecule has 0 aromatic heterocycles. The highest BCUT2D eigenvalue weighted by Crippen LogP contribution is 2.09. The lowest BCUT2D eigenvalue weighted by atomic mass is 10.1. The first-order valence-electron chi connectivity index (χ1n) is 6.74. The minimum absolute atomic E-state index is 0.0304. The first kappa shape index (κ1) is 14.8. The van der Waals surface area contributed by atoms with Gasteiger partial charge in [0.05, 0.1) is 0 Å². The number of carbonyl (C=O) groups is 1. The average Bonchev–Trinajstić information content (AvgIpc) is 2.53. The van der Waals surface area contributed by atoms with Gasteiger partial charge < -0.3 is 5.32 Å². The Labute approximate surface area is 128 Å². The van der Waals surface area contributed by atoms with E-state index in [0.29, 0.717) is 12.1 Å². The van der Waals surface area contributed by atoms with Crippen LogP contribution in [0.2, 0.25) is 0 Å². The molecule has 0 aliphatic heterocycles. The van der Waals surface area contributed by atoms with Gasteiger partial charge in [0.2, 0.25) is 0 Å². The number of rotatable bonds is 5. The fraction of sp³-hybridized carbons (Fsp3) is 0.235. The summed E-state index contributed by atoms with van der Waals surface area (Å²) in [6.07, 6.45) is 0.988. The molecule has 0 bridgehead atoms. The van der Waals surface area contributed by atoms with Crippen LogP contribution >= 0.6 is 15.9 Å². The van der Waals surface area contributed by atoms with Crippen LogP contribution in [0.25, 0.3) is 0 Å². The summed E-state index contributed by atoms with van der Waals surface area (Å²) in [6.45, 7) is 2.66. The van der Waals surface area contributed by atoms with Gasteiger partial charge in [0, 0.05) is 17.4 Å². The summed E-state index contributed by atoms with van der Waals surface area (Å²) in [5.74, 6) is -0.0304. The summed E-state index contributed by atoms with van der Waals surface area (Å²) in [6, 6.07) is 16.0. The van der Waals surface area contributed by atoms with Crippen LogP contribution in [0, 0.1) is 0 Å². The lowest BCUT2D eigenvalue weighted by molar-refractivity contribution is 0.0951. The van der Waals surface area contributed by atoms with Crippen molar-refractivity contribution in [3.05, 3.63) is 70.8 Å². The van der Waals surface area contributed by atoms with Crippen molar-refractivity contribution in [2.24, 2.45) is 0 Å². The summed E-state index contributed by atoms with van der Waals surface area (Å²) in [4.78, 5) is 12.0. The number of carbonyl (C=O) groups excluding carboxylic acids is 1. The Bertz CT molecular complexity index is 561. The SMILES string of the molecule is CCc1ccc(C(=O)NCc2ccc(CBr)cc2)cc1. The zero-order valence-electron chi connectivity index (χ0n) is 11.5. The Morgan fingerprint density at radius 1 is 0.950 bits per heavy atom. The van der Waals surface area contributed by atoms with Gasteiger partial charge in [-0.15, -0.1) is 0 Å². The molecule has 0 aliphatic rings. The summed E-state index contributed by atoms with van der Waals surface area (Å²) < 4.78 is 0. The molecule has 2 aromatic carbocycles. The highest BCUT2D eigenvalue weighted by atomic mass is 79.9. The third-order valence-electron chi connectivity index (χ3n) is 3.25. The maximum absolute atomic E-state index is 12.0. The zero-order chi connectivity index (χ0) is 14.4. The fourth-order valence-electron chi connectivity index (χ4n) is 1.92. The Balaban J connectivity index is 1.93. The monoisotopic (exact) mass is 331 g/mol. The zero-order valence-corrected chi connectivity index (χ0v) is 13.1. The van der Waals surface area contributed by atoms with Crippen molar-refractivity contribution in [1.29, 1.82) is 0 Å². The Morgan fingerprint density at radius 3 is 2.05 bits per heavy atom. The quantitative estimate of drug-likeness (QED) is 0.822. The second-order valence-electron chi connectivity index (χ2n) is 4.68. The fourth-order valence-corrected chi connectivity index (χ4v) is 2.30. The van der Waals surface area contributed by atoms with Crippen LogP contribution in [0.3, 0.4) is 0 Å². The van der Waals surface area contributed by atoms with Crippen LogP contribution in [-0.4, -0.2) is 5.91 Å². The van der Waals surface area contributed by atoms with E-state index in [9.17, 15) is 4.79 Å². The van der Waals surface area contributed by atoms with E-state index >= 15 is 0 Å². The second-order valence-corrected chi connectivity index (χ2v) is 5.24. The van der Waals surface area contributed by atoms with Gasteiger partial charge in [-0.05, 0) is 35.2 Å². The summed E-state index contributed by atoms with van der Waals surface area (Å²) in [5, 5.41) is 3.79. The van der Waals surface area contributed by atoms with E-state index in [1.807, 2.05) is 36.4 Å². The van der Waals surface area contributed by atoms with Gasteiger partial charge >= 0.3 is 0 Å². The molecule has 0 unspecified atom stereocenters. The number of benzene rings is 2. The van der Waals surface area contributed by atoms with E-state index in [4.69, 9.17) is 0 Å². The summed E-state index contributed by atoms with van der Waals surface area (Å²) >= 11 is 3.42. The molecule has 20 heavy (non-hydrogen) atoms. The molecule has 1 N–H and O–H groups in total. The molecular formula is C17H18BrNO. The predicted molar refractivity (Wildman–Crippen MR) is 86.1 cm³/mol. The molecule has 2 aromatic rings. The van der Waals surface area contributed by atoms with Gasteiger partial charge in [-0.2, -0.15) is 0 Å². The first-order chi connectivity index (χ1) is 9.72. The number of nitrogens with one attached hydrogen (secondary N) is 1. The highest BCUT2D eigenvalue weighted by Gasteiger charge is 2.04. The molecule has 0 saturated heterocycles. The van der Waals surface area contributed by atoms with Crippen LogP contribution in [0.5, 0.6) is 0 Å². The van der Waals surface area contributed by atoms with Gasteiger partial charge in [-0.3, -0.25) is 4.79 Å². The average molecular weight is 332 g/mol. The molecular weight excluding hydrogens is 314 g/mol. The van der Waals surface area contributed by atoms with E-state index in [-0.39, 0.29) is 5.91 Å². The largest absolute Gasteiger partial charge is 0.348 e. The van der Waals surface area contributed by atoms with Crippen LogP contribution in [0.15, 0.2) is 48.5 Å².